The van der Waals surface area contributed by atoms with Crippen LogP contribution in [0.1, 0.15) is 11.1 Å². The highest BCUT2D eigenvalue weighted by atomic mass is 19.3. The van der Waals surface area contributed by atoms with E-state index in [1.54, 1.807) is 0 Å². The van der Waals surface area contributed by atoms with Crippen LogP contribution in [0, 0.1) is 5.82 Å². The first-order chi connectivity index (χ1) is 13.4. The van der Waals surface area contributed by atoms with Gasteiger partial charge >= 0.3 is 12.3 Å². The van der Waals surface area contributed by atoms with Gasteiger partial charge in [-0.05, 0) is 36.2 Å². The first-order valence-corrected chi connectivity index (χ1v) is 8.36. The third-order valence-corrected chi connectivity index (χ3v) is 4.09. The van der Waals surface area contributed by atoms with Crippen molar-refractivity contribution in [2.24, 2.45) is 0 Å². The number of rotatable bonds is 4. The normalized spacial score (nSPS) is 16.1. The number of hydrogen-bond donors (Lipinski definition) is 2. The van der Waals surface area contributed by atoms with E-state index in [2.05, 4.69) is 20.1 Å². The van der Waals surface area contributed by atoms with Crippen molar-refractivity contribution in [3.8, 4) is 17.2 Å². The number of hydrogen-bond acceptors (Lipinski definition) is 5. The molecule has 4 rings (SSSR count). The SMILES string of the molecule is O=C(NCCc1cc(F)cc2c1OCOC2)Nc1ccc2c(c1)OC(F)(F)O2. The second-order valence-corrected chi connectivity index (χ2v) is 6.12. The zero-order chi connectivity index (χ0) is 19.7. The first-order valence-electron chi connectivity index (χ1n) is 8.36. The molecule has 0 aromatic heterocycles. The molecule has 0 fully saturated rings. The lowest BCUT2D eigenvalue weighted by molar-refractivity contribution is -0.286. The fourth-order valence-electron chi connectivity index (χ4n) is 2.96. The van der Waals surface area contributed by atoms with E-state index in [-0.39, 0.29) is 37.1 Å². The third-order valence-electron chi connectivity index (χ3n) is 4.09. The van der Waals surface area contributed by atoms with E-state index in [1.165, 1.54) is 30.3 Å². The Balaban J connectivity index is 1.33. The monoisotopic (exact) mass is 396 g/mol. The Hall–Kier alpha value is -3.14. The molecule has 0 unspecified atom stereocenters. The highest BCUT2D eigenvalue weighted by Gasteiger charge is 2.43. The Bertz CT molecular complexity index is 922. The van der Waals surface area contributed by atoms with Crippen molar-refractivity contribution in [3.05, 3.63) is 47.3 Å². The molecular weight excluding hydrogens is 381 g/mol. The molecule has 2 aliphatic rings. The zero-order valence-electron chi connectivity index (χ0n) is 14.4. The lowest BCUT2D eigenvalue weighted by atomic mass is 10.1. The molecule has 2 aromatic carbocycles. The summed E-state index contributed by atoms with van der Waals surface area (Å²) in [4.78, 5) is 12.0. The van der Waals surface area contributed by atoms with E-state index in [9.17, 15) is 18.0 Å². The molecule has 2 amide bonds. The molecule has 2 aliphatic heterocycles. The molecule has 2 N–H and O–H groups in total. The Morgan fingerprint density at radius 3 is 2.82 bits per heavy atom. The van der Waals surface area contributed by atoms with Gasteiger partial charge in [0, 0.05) is 23.9 Å². The van der Waals surface area contributed by atoms with Gasteiger partial charge in [0.1, 0.15) is 11.6 Å². The largest absolute Gasteiger partial charge is 0.586 e. The minimum atomic E-state index is -3.72. The zero-order valence-corrected chi connectivity index (χ0v) is 14.4. The molecule has 0 saturated carbocycles. The maximum Gasteiger partial charge on any atom is 0.586 e. The molecular formula is C18H15F3N2O5. The molecule has 148 valence electrons. The van der Waals surface area contributed by atoms with Gasteiger partial charge in [0.2, 0.25) is 0 Å². The standard InChI is InChI=1S/C18H15F3N2O5/c19-12-5-10(16-11(6-12)8-25-9-26-16)3-4-22-17(24)23-13-1-2-14-15(7-13)28-18(20,21)27-14/h1-2,5-7H,3-4,8-9H2,(H2,22,23,24). The van der Waals surface area contributed by atoms with E-state index in [0.29, 0.717) is 23.3 Å². The minimum Gasteiger partial charge on any atom is -0.467 e. The number of alkyl halides is 2. The molecule has 0 atom stereocenters. The summed E-state index contributed by atoms with van der Waals surface area (Å²) >= 11 is 0. The smallest absolute Gasteiger partial charge is 0.467 e. The van der Waals surface area contributed by atoms with Crippen molar-refractivity contribution in [1.29, 1.82) is 0 Å². The number of ether oxygens (including phenoxy) is 4. The molecule has 2 heterocycles. The van der Waals surface area contributed by atoms with Crippen molar-refractivity contribution in [1.82, 2.24) is 5.32 Å². The van der Waals surface area contributed by atoms with Crippen molar-refractivity contribution in [2.45, 2.75) is 19.3 Å². The minimum absolute atomic E-state index is 0.0860. The highest BCUT2D eigenvalue weighted by molar-refractivity contribution is 5.89. The first kappa shape index (κ1) is 18.2. The van der Waals surface area contributed by atoms with Gasteiger partial charge in [-0.3, -0.25) is 0 Å². The fraction of sp³-hybridized carbons (Fsp3) is 0.278. The van der Waals surface area contributed by atoms with Gasteiger partial charge in [-0.2, -0.15) is 0 Å². The van der Waals surface area contributed by atoms with Gasteiger partial charge in [0.05, 0.1) is 6.61 Å². The van der Waals surface area contributed by atoms with Crippen LogP contribution in [-0.2, 0) is 17.8 Å². The predicted octanol–water partition coefficient (Wildman–Crippen LogP) is 3.38. The topological polar surface area (TPSA) is 78.1 Å². The number of fused-ring (bicyclic) bond motifs is 2. The van der Waals surface area contributed by atoms with Crippen LogP contribution in [0.5, 0.6) is 17.2 Å². The molecule has 7 nitrogen and oxygen atoms in total. The van der Waals surface area contributed by atoms with Crippen LogP contribution in [0.15, 0.2) is 30.3 Å². The van der Waals surface area contributed by atoms with Gasteiger partial charge in [-0.1, -0.05) is 0 Å². The molecule has 2 aromatic rings. The van der Waals surface area contributed by atoms with Crippen molar-refractivity contribution < 1.29 is 36.9 Å². The van der Waals surface area contributed by atoms with Gasteiger partial charge in [0.25, 0.3) is 0 Å². The maximum atomic E-state index is 13.7. The average Bonchev–Trinajstić information content (AvgIpc) is 2.94. The molecule has 10 heteroatoms. The van der Waals surface area contributed by atoms with Crippen LogP contribution >= 0.6 is 0 Å². The van der Waals surface area contributed by atoms with Crippen LogP contribution < -0.4 is 24.8 Å². The summed E-state index contributed by atoms with van der Waals surface area (Å²) < 4.78 is 58.9. The lowest BCUT2D eigenvalue weighted by Gasteiger charge is -2.21. The Morgan fingerprint density at radius 2 is 1.96 bits per heavy atom. The number of carbonyl (C=O) groups is 1. The van der Waals surface area contributed by atoms with Gasteiger partial charge in [0.15, 0.2) is 18.3 Å². The third kappa shape index (κ3) is 3.91. The maximum absolute atomic E-state index is 13.7. The Kier molecular flexibility index (Phi) is 4.63. The lowest BCUT2D eigenvalue weighted by Crippen LogP contribution is -2.30. The van der Waals surface area contributed by atoms with Gasteiger partial charge < -0.3 is 29.6 Å². The van der Waals surface area contributed by atoms with Crippen LogP contribution in [0.2, 0.25) is 0 Å². The van der Waals surface area contributed by atoms with E-state index >= 15 is 0 Å². The summed E-state index contributed by atoms with van der Waals surface area (Å²) in [5.74, 6) is -0.139. The Morgan fingerprint density at radius 1 is 1.14 bits per heavy atom. The molecule has 0 bridgehead atoms. The van der Waals surface area contributed by atoms with E-state index in [0.717, 1.165) is 0 Å². The second-order valence-electron chi connectivity index (χ2n) is 6.12. The van der Waals surface area contributed by atoms with E-state index in [4.69, 9.17) is 9.47 Å². The highest BCUT2D eigenvalue weighted by Crippen LogP contribution is 2.42. The molecule has 0 aliphatic carbocycles. The summed E-state index contributed by atoms with van der Waals surface area (Å²) in [6, 6.07) is 6.04. The number of urea groups is 1. The van der Waals surface area contributed by atoms with Crippen LogP contribution in [0.4, 0.5) is 23.7 Å². The number of halogens is 3. The van der Waals surface area contributed by atoms with Crippen molar-refractivity contribution in [2.75, 3.05) is 18.7 Å². The summed E-state index contributed by atoms with van der Waals surface area (Å²) in [6.07, 6.45) is -3.39. The number of carbonyl (C=O) groups excluding carboxylic acids is 1. The molecule has 28 heavy (non-hydrogen) atoms. The number of anilines is 1. The average molecular weight is 396 g/mol. The summed E-state index contributed by atoms with van der Waals surface area (Å²) in [7, 11) is 0. The number of nitrogens with one attached hydrogen (secondary N) is 2. The van der Waals surface area contributed by atoms with Gasteiger partial charge in [-0.25, -0.2) is 9.18 Å². The fourth-order valence-corrected chi connectivity index (χ4v) is 2.96. The number of benzene rings is 2. The summed E-state index contributed by atoms with van der Waals surface area (Å²) in [6.45, 7) is 0.550. The Labute approximate surface area is 157 Å². The predicted molar refractivity (Wildman–Crippen MR) is 90.1 cm³/mol. The van der Waals surface area contributed by atoms with E-state index in [1.807, 2.05) is 0 Å². The summed E-state index contributed by atoms with van der Waals surface area (Å²) in [5, 5.41) is 5.11. The molecule has 0 spiro atoms. The summed E-state index contributed by atoms with van der Waals surface area (Å²) in [5.41, 5.74) is 1.48. The van der Waals surface area contributed by atoms with E-state index < -0.39 is 18.1 Å². The second kappa shape index (κ2) is 7.12. The van der Waals surface area contributed by atoms with Crippen LogP contribution in [0.25, 0.3) is 0 Å². The van der Waals surface area contributed by atoms with Crippen LogP contribution in [0.3, 0.4) is 0 Å². The van der Waals surface area contributed by atoms with Crippen molar-refractivity contribution >= 4 is 11.7 Å². The van der Waals surface area contributed by atoms with Crippen molar-refractivity contribution in [3.63, 3.8) is 0 Å². The molecule has 0 radical (unpaired) electrons. The van der Waals surface area contributed by atoms with Gasteiger partial charge in [-0.15, -0.1) is 8.78 Å². The quantitative estimate of drug-likeness (QED) is 0.829. The number of amides is 2. The molecule has 0 saturated heterocycles. The van der Waals surface area contributed by atoms with Crippen LogP contribution in [-0.4, -0.2) is 25.7 Å².